The van der Waals surface area contributed by atoms with Gasteiger partial charge >= 0.3 is 0 Å². The summed E-state index contributed by atoms with van der Waals surface area (Å²) >= 11 is 11.8. The number of anilines is 2. The fourth-order valence-electron chi connectivity index (χ4n) is 1.24. The van der Waals surface area contributed by atoms with Gasteiger partial charge in [0.05, 0.1) is 5.02 Å². The van der Waals surface area contributed by atoms with Crippen molar-refractivity contribution in [1.82, 2.24) is 9.97 Å². The van der Waals surface area contributed by atoms with Gasteiger partial charge in [-0.3, -0.25) is 0 Å². The molecular weight excluding hydrogens is 277 g/mol. The standard InChI is InChI=1S/C10H9Cl2N5O/c11-5-1-2-6(12)7(3-5)18-9-4-8(17-14)15-10(13)16-9/h1-4H,14H2,(H3,13,15,16,17). The van der Waals surface area contributed by atoms with E-state index in [9.17, 15) is 0 Å². The zero-order chi connectivity index (χ0) is 13.1. The number of aromatic nitrogens is 2. The molecule has 0 spiro atoms. The monoisotopic (exact) mass is 285 g/mol. The first-order chi connectivity index (χ1) is 8.58. The molecular formula is C10H9Cl2N5O. The highest BCUT2D eigenvalue weighted by molar-refractivity contribution is 6.34. The van der Waals surface area contributed by atoms with Crippen molar-refractivity contribution < 1.29 is 4.74 Å². The SMILES string of the molecule is NNc1cc(Oc2cc(Cl)ccc2Cl)nc(N)n1. The molecule has 0 aliphatic rings. The molecule has 1 heterocycles. The summed E-state index contributed by atoms with van der Waals surface area (Å²) in [5, 5.41) is 0.896. The van der Waals surface area contributed by atoms with Crippen LogP contribution in [0.3, 0.4) is 0 Å². The van der Waals surface area contributed by atoms with Crippen molar-refractivity contribution in [2.75, 3.05) is 11.2 Å². The molecule has 1 aromatic heterocycles. The van der Waals surface area contributed by atoms with E-state index < -0.39 is 0 Å². The van der Waals surface area contributed by atoms with Crippen LogP contribution in [0.4, 0.5) is 11.8 Å². The molecule has 0 amide bonds. The van der Waals surface area contributed by atoms with E-state index in [4.69, 9.17) is 39.5 Å². The number of nitrogens with zero attached hydrogens (tertiary/aromatic N) is 2. The Morgan fingerprint density at radius 1 is 1.17 bits per heavy atom. The molecule has 18 heavy (non-hydrogen) atoms. The number of benzene rings is 1. The van der Waals surface area contributed by atoms with Gasteiger partial charge in [0.15, 0.2) is 0 Å². The number of nitrogens with two attached hydrogens (primary N) is 2. The van der Waals surface area contributed by atoms with Gasteiger partial charge < -0.3 is 15.9 Å². The van der Waals surface area contributed by atoms with Crippen LogP contribution in [0.15, 0.2) is 24.3 Å². The molecule has 0 atom stereocenters. The molecule has 5 N–H and O–H groups in total. The first kappa shape index (κ1) is 12.7. The summed E-state index contributed by atoms with van der Waals surface area (Å²) in [6, 6.07) is 6.31. The average molecular weight is 286 g/mol. The molecule has 0 unspecified atom stereocenters. The molecule has 0 bridgehead atoms. The maximum atomic E-state index is 5.96. The van der Waals surface area contributed by atoms with E-state index in [1.807, 2.05) is 0 Å². The summed E-state index contributed by atoms with van der Waals surface area (Å²) in [5.74, 6) is 6.17. The molecule has 8 heteroatoms. The fraction of sp³-hybridized carbons (Fsp3) is 0. The second kappa shape index (κ2) is 5.26. The molecule has 6 nitrogen and oxygen atoms in total. The third-order valence-corrected chi connectivity index (χ3v) is 2.52. The van der Waals surface area contributed by atoms with Crippen LogP contribution in [0, 0.1) is 0 Å². The highest BCUT2D eigenvalue weighted by atomic mass is 35.5. The van der Waals surface area contributed by atoms with Gasteiger partial charge in [-0.05, 0) is 12.1 Å². The van der Waals surface area contributed by atoms with Crippen molar-refractivity contribution in [3.05, 3.63) is 34.3 Å². The van der Waals surface area contributed by atoms with E-state index in [1.165, 1.54) is 6.07 Å². The summed E-state index contributed by atoms with van der Waals surface area (Å²) in [6.07, 6.45) is 0. The summed E-state index contributed by atoms with van der Waals surface area (Å²) in [4.78, 5) is 7.72. The highest BCUT2D eigenvalue weighted by Gasteiger charge is 2.07. The van der Waals surface area contributed by atoms with Crippen molar-refractivity contribution in [1.29, 1.82) is 0 Å². The summed E-state index contributed by atoms with van der Waals surface area (Å²) < 4.78 is 5.47. The number of hydrogen-bond donors (Lipinski definition) is 3. The third kappa shape index (κ3) is 2.92. The van der Waals surface area contributed by atoms with E-state index in [1.54, 1.807) is 18.2 Å². The first-order valence-electron chi connectivity index (χ1n) is 4.82. The van der Waals surface area contributed by atoms with Gasteiger partial charge in [0.25, 0.3) is 0 Å². The molecule has 0 fully saturated rings. The molecule has 0 aliphatic carbocycles. The fourth-order valence-corrected chi connectivity index (χ4v) is 1.56. The molecule has 0 saturated carbocycles. The smallest absolute Gasteiger partial charge is 0.226 e. The van der Waals surface area contributed by atoms with Crippen LogP contribution >= 0.6 is 23.2 Å². The van der Waals surface area contributed by atoms with Gasteiger partial charge in [-0.1, -0.05) is 23.2 Å². The van der Waals surface area contributed by atoms with Crippen molar-refractivity contribution in [3.63, 3.8) is 0 Å². The Balaban J connectivity index is 2.33. The second-order valence-electron chi connectivity index (χ2n) is 3.27. The lowest BCUT2D eigenvalue weighted by atomic mass is 10.3. The molecule has 0 aliphatic heterocycles. The van der Waals surface area contributed by atoms with Crippen LogP contribution in [0.2, 0.25) is 10.0 Å². The normalized spacial score (nSPS) is 10.2. The van der Waals surface area contributed by atoms with E-state index in [-0.39, 0.29) is 11.8 Å². The Bertz CT molecular complexity index is 578. The molecule has 0 radical (unpaired) electrons. The summed E-state index contributed by atoms with van der Waals surface area (Å²) in [6.45, 7) is 0. The predicted octanol–water partition coefficient (Wildman–Crippen LogP) is 2.44. The Kier molecular flexibility index (Phi) is 3.71. The molecule has 2 rings (SSSR count). The lowest BCUT2D eigenvalue weighted by Crippen LogP contribution is -2.10. The molecule has 1 aromatic carbocycles. The zero-order valence-electron chi connectivity index (χ0n) is 9.02. The number of hydrogen-bond acceptors (Lipinski definition) is 6. The minimum atomic E-state index is 0.0265. The average Bonchev–Trinajstić information content (AvgIpc) is 2.33. The molecule has 0 saturated heterocycles. The predicted molar refractivity (Wildman–Crippen MR) is 70.8 cm³/mol. The highest BCUT2D eigenvalue weighted by Crippen LogP contribution is 2.31. The van der Waals surface area contributed by atoms with Gasteiger partial charge in [0.1, 0.15) is 11.6 Å². The third-order valence-electron chi connectivity index (χ3n) is 1.98. The van der Waals surface area contributed by atoms with Crippen molar-refractivity contribution in [2.45, 2.75) is 0 Å². The minimum absolute atomic E-state index is 0.0265. The van der Waals surface area contributed by atoms with E-state index in [0.717, 1.165) is 0 Å². The van der Waals surface area contributed by atoms with Crippen LogP contribution in [-0.2, 0) is 0 Å². The second-order valence-corrected chi connectivity index (χ2v) is 4.11. The zero-order valence-corrected chi connectivity index (χ0v) is 10.5. The lowest BCUT2D eigenvalue weighted by Gasteiger charge is -2.08. The number of nitrogen functional groups attached to an aromatic ring is 2. The van der Waals surface area contributed by atoms with Gasteiger partial charge in [-0.25, -0.2) is 5.84 Å². The van der Waals surface area contributed by atoms with Crippen LogP contribution < -0.4 is 21.7 Å². The maximum Gasteiger partial charge on any atom is 0.226 e. The van der Waals surface area contributed by atoms with Crippen molar-refractivity contribution in [2.24, 2.45) is 5.84 Å². The molecule has 2 aromatic rings. The number of hydrazine groups is 1. The van der Waals surface area contributed by atoms with Gasteiger partial charge in [0.2, 0.25) is 11.8 Å². The lowest BCUT2D eigenvalue weighted by molar-refractivity contribution is 0.463. The summed E-state index contributed by atoms with van der Waals surface area (Å²) in [5.41, 5.74) is 7.85. The first-order valence-corrected chi connectivity index (χ1v) is 5.58. The Morgan fingerprint density at radius 3 is 2.67 bits per heavy atom. The Hall–Kier alpha value is -1.76. The van der Waals surface area contributed by atoms with E-state index in [0.29, 0.717) is 21.6 Å². The van der Waals surface area contributed by atoms with Crippen molar-refractivity contribution >= 4 is 35.0 Å². The van der Waals surface area contributed by atoms with Gasteiger partial charge in [-0.15, -0.1) is 0 Å². The van der Waals surface area contributed by atoms with Crippen molar-refractivity contribution in [3.8, 4) is 11.6 Å². The number of rotatable bonds is 3. The largest absolute Gasteiger partial charge is 0.437 e. The van der Waals surface area contributed by atoms with Crippen LogP contribution in [-0.4, -0.2) is 9.97 Å². The quantitative estimate of drug-likeness (QED) is 0.592. The number of ether oxygens (including phenoxy) is 1. The Morgan fingerprint density at radius 2 is 1.94 bits per heavy atom. The van der Waals surface area contributed by atoms with Gasteiger partial charge in [-0.2, -0.15) is 9.97 Å². The maximum absolute atomic E-state index is 5.96. The van der Waals surface area contributed by atoms with Crippen LogP contribution in [0.1, 0.15) is 0 Å². The number of nitrogens with one attached hydrogen (secondary N) is 1. The van der Waals surface area contributed by atoms with Crippen LogP contribution in [0.25, 0.3) is 0 Å². The van der Waals surface area contributed by atoms with E-state index >= 15 is 0 Å². The summed E-state index contributed by atoms with van der Waals surface area (Å²) in [7, 11) is 0. The Labute approximate surface area is 113 Å². The minimum Gasteiger partial charge on any atom is -0.437 e. The number of halogens is 2. The van der Waals surface area contributed by atoms with Gasteiger partial charge in [0, 0.05) is 17.2 Å². The van der Waals surface area contributed by atoms with Crippen LogP contribution in [0.5, 0.6) is 11.6 Å². The molecule has 94 valence electrons. The topological polar surface area (TPSA) is 99.1 Å². The van der Waals surface area contributed by atoms with E-state index in [2.05, 4.69) is 15.4 Å².